The molecule has 174 valence electrons. The van der Waals surface area contributed by atoms with E-state index in [1.165, 1.54) is 34.4 Å². The average Bonchev–Trinajstić information content (AvgIpc) is 3.28. The number of nitrogens with one attached hydrogen (secondary N) is 2. The number of sulfonamides is 1. The highest BCUT2D eigenvalue weighted by Crippen LogP contribution is 2.32. The molecule has 3 aromatic rings. The molecule has 12 heteroatoms. The summed E-state index contributed by atoms with van der Waals surface area (Å²) in [4.78, 5) is 3.21. The highest BCUT2D eigenvalue weighted by Gasteiger charge is 2.24. The van der Waals surface area contributed by atoms with Crippen molar-refractivity contribution < 1.29 is 21.9 Å². The van der Waals surface area contributed by atoms with Gasteiger partial charge in [0, 0.05) is 11.4 Å². The lowest BCUT2D eigenvalue weighted by Crippen LogP contribution is -2.38. The molecule has 0 spiro atoms. The van der Waals surface area contributed by atoms with E-state index in [0.717, 1.165) is 29.7 Å². The largest absolute Gasteiger partial charge is 0.490 e. The Hall–Kier alpha value is -2.24. The predicted molar refractivity (Wildman–Crippen MR) is 126 cm³/mol. The Morgan fingerprint density at radius 1 is 1.18 bits per heavy atom. The fourth-order valence-electron chi connectivity index (χ4n) is 3.34. The number of benzene rings is 2. The number of halogens is 4. The Labute approximate surface area is 203 Å². The number of hydrogen-bond donors (Lipinski definition) is 2. The Kier molecular flexibility index (Phi) is 7.20. The van der Waals surface area contributed by atoms with Gasteiger partial charge >= 0.3 is 0 Å². The van der Waals surface area contributed by atoms with Crippen molar-refractivity contribution in [2.75, 3.05) is 17.9 Å². The van der Waals surface area contributed by atoms with Gasteiger partial charge in [-0.3, -0.25) is 4.72 Å². The Bertz CT molecular complexity index is 1300. The van der Waals surface area contributed by atoms with Crippen molar-refractivity contribution >= 4 is 56.0 Å². The second-order valence-electron chi connectivity index (χ2n) is 7.09. The first kappa shape index (κ1) is 23.9. The highest BCUT2D eigenvalue weighted by molar-refractivity contribution is 7.92. The van der Waals surface area contributed by atoms with E-state index in [9.17, 15) is 17.2 Å². The summed E-state index contributed by atoms with van der Waals surface area (Å²) in [5, 5.41) is 4.70. The van der Waals surface area contributed by atoms with Gasteiger partial charge < -0.3 is 10.1 Å². The SMILES string of the molecule is O=S(=O)(Nc1cscn1)c1cc(Cl)c(OCC2NCCC=C2c2ccc(F)c(Cl)c2)cc1F. The molecule has 0 aliphatic carbocycles. The summed E-state index contributed by atoms with van der Waals surface area (Å²) in [7, 11) is -4.23. The molecule has 0 saturated heterocycles. The van der Waals surface area contributed by atoms with Gasteiger partial charge in [-0.25, -0.2) is 22.2 Å². The fourth-order valence-corrected chi connectivity index (χ4v) is 5.44. The number of aromatic nitrogens is 1. The van der Waals surface area contributed by atoms with Crippen LogP contribution in [-0.4, -0.2) is 32.6 Å². The maximum atomic E-state index is 14.7. The third kappa shape index (κ3) is 5.47. The van der Waals surface area contributed by atoms with Crippen LogP contribution in [0.15, 0.2) is 52.2 Å². The van der Waals surface area contributed by atoms with E-state index >= 15 is 0 Å². The van der Waals surface area contributed by atoms with Gasteiger partial charge in [0.2, 0.25) is 0 Å². The molecule has 0 fully saturated rings. The average molecular weight is 532 g/mol. The van der Waals surface area contributed by atoms with Gasteiger partial charge in [-0.2, -0.15) is 0 Å². The number of rotatable bonds is 7. The van der Waals surface area contributed by atoms with Crippen LogP contribution < -0.4 is 14.8 Å². The summed E-state index contributed by atoms with van der Waals surface area (Å²) < 4.78 is 61.2. The third-order valence-electron chi connectivity index (χ3n) is 4.88. The summed E-state index contributed by atoms with van der Waals surface area (Å²) in [6, 6.07) is 6.06. The molecule has 1 aliphatic heterocycles. The van der Waals surface area contributed by atoms with Crippen LogP contribution in [0.5, 0.6) is 5.75 Å². The lowest BCUT2D eigenvalue weighted by molar-refractivity contribution is 0.287. The van der Waals surface area contributed by atoms with E-state index in [2.05, 4.69) is 15.0 Å². The molecule has 2 N–H and O–H groups in total. The van der Waals surface area contributed by atoms with Crippen LogP contribution in [0.2, 0.25) is 10.0 Å². The molecule has 4 rings (SSSR count). The summed E-state index contributed by atoms with van der Waals surface area (Å²) in [6.07, 6.45) is 2.75. The predicted octanol–water partition coefficient (Wildman–Crippen LogP) is 5.35. The van der Waals surface area contributed by atoms with Gasteiger partial charge in [0.15, 0.2) is 5.82 Å². The molecule has 33 heavy (non-hydrogen) atoms. The second kappa shape index (κ2) is 9.94. The van der Waals surface area contributed by atoms with Crippen molar-refractivity contribution in [3.05, 3.63) is 74.5 Å². The van der Waals surface area contributed by atoms with Gasteiger partial charge in [0.05, 0.1) is 21.6 Å². The van der Waals surface area contributed by atoms with Gasteiger partial charge in [0.25, 0.3) is 10.0 Å². The molecule has 1 aliphatic rings. The van der Waals surface area contributed by atoms with Crippen LogP contribution >= 0.6 is 34.5 Å². The van der Waals surface area contributed by atoms with E-state index < -0.39 is 26.6 Å². The number of ether oxygens (including phenoxy) is 1. The molecule has 0 amide bonds. The van der Waals surface area contributed by atoms with Crippen molar-refractivity contribution in [2.45, 2.75) is 17.4 Å². The third-order valence-corrected chi connectivity index (χ3v) is 7.42. The minimum atomic E-state index is -4.23. The number of nitrogens with zero attached hydrogens (tertiary/aromatic N) is 1. The van der Waals surface area contributed by atoms with Gasteiger partial charge in [-0.1, -0.05) is 35.3 Å². The normalized spacial score (nSPS) is 16.4. The molecule has 1 atom stereocenters. The summed E-state index contributed by atoms with van der Waals surface area (Å²) in [5.74, 6) is -1.46. The maximum absolute atomic E-state index is 14.7. The summed E-state index contributed by atoms with van der Waals surface area (Å²) >= 11 is 13.3. The van der Waals surface area contributed by atoms with E-state index in [4.69, 9.17) is 27.9 Å². The lowest BCUT2D eigenvalue weighted by Gasteiger charge is -2.26. The highest BCUT2D eigenvalue weighted by atomic mass is 35.5. The molecule has 2 heterocycles. The van der Waals surface area contributed by atoms with E-state index in [0.29, 0.717) is 6.54 Å². The first-order valence-corrected chi connectivity index (χ1v) is 12.8. The standard InChI is InChI=1S/C21H17Cl2F2N3O3S2/c22-14-6-12(3-4-16(14)24)13-2-1-5-26-18(13)9-31-19-8-17(25)20(7-15(19)23)33(29,30)28-21-10-32-11-27-21/h2-4,6-8,10-11,18,26,28H,1,5,9H2. The van der Waals surface area contributed by atoms with Crippen LogP contribution in [0.3, 0.4) is 0 Å². The quantitative estimate of drug-likeness (QED) is 0.429. The summed E-state index contributed by atoms with van der Waals surface area (Å²) in [6.45, 7) is 0.761. The molecule has 0 bridgehead atoms. The Balaban J connectivity index is 1.52. The Morgan fingerprint density at radius 2 is 2.00 bits per heavy atom. The van der Waals surface area contributed by atoms with Crippen molar-refractivity contribution in [1.82, 2.24) is 10.3 Å². The minimum absolute atomic E-state index is 0.00631. The first-order valence-electron chi connectivity index (χ1n) is 9.66. The monoisotopic (exact) mass is 531 g/mol. The van der Waals surface area contributed by atoms with Crippen molar-refractivity contribution in [3.8, 4) is 5.75 Å². The smallest absolute Gasteiger partial charge is 0.266 e. The van der Waals surface area contributed by atoms with Crippen molar-refractivity contribution in [1.29, 1.82) is 0 Å². The molecule has 2 aromatic carbocycles. The molecule has 0 radical (unpaired) electrons. The van der Waals surface area contributed by atoms with Gasteiger partial charge in [-0.05, 0) is 42.3 Å². The van der Waals surface area contributed by atoms with Crippen LogP contribution in [0.4, 0.5) is 14.6 Å². The molecule has 0 saturated carbocycles. The van der Waals surface area contributed by atoms with Crippen LogP contribution in [-0.2, 0) is 10.0 Å². The topological polar surface area (TPSA) is 80.3 Å². The summed E-state index contributed by atoms with van der Waals surface area (Å²) in [5.41, 5.74) is 3.03. The molecule has 1 aromatic heterocycles. The van der Waals surface area contributed by atoms with Crippen LogP contribution in [0.1, 0.15) is 12.0 Å². The molecular weight excluding hydrogens is 515 g/mol. The van der Waals surface area contributed by atoms with Crippen molar-refractivity contribution in [2.24, 2.45) is 0 Å². The van der Waals surface area contributed by atoms with E-state index in [-0.39, 0.29) is 34.3 Å². The zero-order valence-electron chi connectivity index (χ0n) is 16.8. The van der Waals surface area contributed by atoms with Crippen LogP contribution in [0, 0.1) is 11.6 Å². The zero-order valence-corrected chi connectivity index (χ0v) is 20.0. The second-order valence-corrected chi connectivity index (χ2v) is 10.3. The minimum Gasteiger partial charge on any atom is -0.490 e. The lowest BCUT2D eigenvalue weighted by atomic mass is 9.95. The van der Waals surface area contributed by atoms with Gasteiger partial charge in [0.1, 0.15) is 28.9 Å². The van der Waals surface area contributed by atoms with Gasteiger partial charge in [-0.15, -0.1) is 11.3 Å². The number of hydrogen-bond acceptors (Lipinski definition) is 6. The first-order chi connectivity index (χ1) is 15.7. The van der Waals surface area contributed by atoms with Crippen LogP contribution in [0.25, 0.3) is 5.57 Å². The molecule has 1 unspecified atom stereocenters. The molecular formula is C21H17Cl2F2N3O3S2. The molecule has 6 nitrogen and oxygen atoms in total. The number of anilines is 1. The fraction of sp³-hybridized carbons (Fsp3) is 0.190. The number of thiazole rings is 1. The van der Waals surface area contributed by atoms with Crippen molar-refractivity contribution in [3.63, 3.8) is 0 Å². The van der Waals surface area contributed by atoms with E-state index in [1.807, 2.05) is 6.08 Å². The Morgan fingerprint density at radius 3 is 2.73 bits per heavy atom. The maximum Gasteiger partial charge on any atom is 0.266 e. The van der Waals surface area contributed by atoms with E-state index in [1.54, 1.807) is 6.07 Å². The zero-order chi connectivity index (χ0) is 23.6.